The maximum atomic E-state index is 13.0. The molecule has 0 saturated carbocycles. The Morgan fingerprint density at radius 3 is 2.19 bits per heavy atom. The molecular formula is C22H27N3O5S2. The summed E-state index contributed by atoms with van der Waals surface area (Å²) in [5, 5.41) is 0. The second kappa shape index (κ2) is 10.1. The molecule has 10 heteroatoms. The highest BCUT2D eigenvalue weighted by molar-refractivity contribution is 7.98. The molecule has 2 aliphatic heterocycles. The van der Waals surface area contributed by atoms with E-state index in [0.717, 1.165) is 23.7 Å². The Morgan fingerprint density at radius 2 is 1.56 bits per heavy atom. The number of nitrogens with zero attached hydrogens (tertiary/aromatic N) is 2. The van der Waals surface area contributed by atoms with E-state index < -0.39 is 10.0 Å². The van der Waals surface area contributed by atoms with Crippen LogP contribution in [0.25, 0.3) is 0 Å². The Morgan fingerprint density at radius 1 is 0.938 bits per heavy atom. The molecule has 1 amide bonds. The standard InChI is InChI=1S/C22H27N3O5S2/c1-31-21-7-6-19(16-20(21)22(26)25-10-14-30-15-11-25)32(27,28)23-17-2-4-18(5-3-17)24-8-12-29-13-9-24/h2-7,16,23H,8-15H2,1H3. The summed E-state index contributed by atoms with van der Waals surface area (Å²) in [5.41, 5.74) is 1.89. The van der Waals surface area contributed by atoms with Crippen LogP contribution in [0.4, 0.5) is 11.4 Å². The molecule has 2 fully saturated rings. The number of carbonyl (C=O) groups excluding carboxylic acids is 1. The van der Waals surface area contributed by atoms with E-state index in [1.165, 1.54) is 23.9 Å². The molecule has 8 nitrogen and oxygen atoms in total. The third-order valence-corrected chi connectivity index (χ3v) is 7.68. The summed E-state index contributed by atoms with van der Waals surface area (Å²) >= 11 is 1.42. The van der Waals surface area contributed by atoms with Crippen LogP contribution in [0.5, 0.6) is 0 Å². The van der Waals surface area contributed by atoms with Crippen LogP contribution in [0.1, 0.15) is 10.4 Å². The summed E-state index contributed by atoms with van der Waals surface area (Å²) in [7, 11) is -3.85. The van der Waals surface area contributed by atoms with Crippen molar-refractivity contribution in [2.24, 2.45) is 0 Å². The van der Waals surface area contributed by atoms with Gasteiger partial charge in [-0.3, -0.25) is 9.52 Å². The topological polar surface area (TPSA) is 88.2 Å². The van der Waals surface area contributed by atoms with E-state index in [0.29, 0.717) is 50.8 Å². The smallest absolute Gasteiger partial charge is 0.261 e. The summed E-state index contributed by atoms with van der Waals surface area (Å²) in [6.07, 6.45) is 1.87. The summed E-state index contributed by atoms with van der Waals surface area (Å²) in [6.45, 7) is 4.97. The molecule has 2 aromatic rings. The van der Waals surface area contributed by atoms with Crippen molar-refractivity contribution in [2.45, 2.75) is 9.79 Å². The molecule has 0 radical (unpaired) electrons. The summed E-state index contributed by atoms with van der Waals surface area (Å²) in [6, 6.07) is 12.0. The minimum absolute atomic E-state index is 0.0594. The Hall–Kier alpha value is -2.27. The lowest BCUT2D eigenvalue weighted by molar-refractivity contribution is 0.0300. The first-order valence-electron chi connectivity index (χ1n) is 10.5. The molecule has 2 saturated heterocycles. The van der Waals surface area contributed by atoms with E-state index in [1.807, 2.05) is 18.4 Å². The van der Waals surface area contributed by atoms with Gasteiger partial charge < -0.3 is 19.3 Å². The zero-order valence-corrected chi connectivity index (χ0v) is 19.6. The number of rotatable bonds is 6. The fourth-order valence-electron chi connectivity index (χ4n) is 3.73. The lowest BCUT2D eigenvalue weighted by atomic mass is 10.2. The normalized spacial score (nSPS) is 17.3. The van der Waals surface area contributed by atoms with Gasteiger partial charge in [0, 0.05) is 42.4 Å². The predicted octanol–water partition coefficient (Wildman–Crippen LogP) is 2.52. The molecule has 2 aliphatic rings. The second-order valence-corrected chi connectivity index (χ2v) is 10.0. The fraction of sp³-hybridized carbons (Fsp3) is 0.409. The first kappa shape index (κ1) is 22.9. The molecule has 0 aromatic heterocycles. The molecule has 32 heavy (non-hydrogen) atoms. The number of hydrogen-bond acceptors (Lipinski definition) is 7. The minimum atomic E-state index is -3.85. The van der Waals surface area contributed by atoms with Crippen LogP contribution in [0.15, 0.2) is 52.3 Å². The second-order valence-electron chi connectivity index (χ2n) is 7.52. The van der Waals surface area contributed by atoms with Gasteiger partial charge in [-0.05, 0) is 48.7 Å². The summed E-state index contributed by atoms with van der Waals surface area (Å²) < 4.78 is 39.4. The van der Waals surface area contributed by atoms with Crippen molar-refractivity contribution >= 4 is 39.1 Å². The van der Waals surface area contributed by atoms with Gasteiger partial charge in [0.1, 0.15) is 0 Å². The van der Waals surface area contributed by atoms with Crippen molar-refractivity contribution in [3.63, 3.8) is 0 Å². The summed E-state index contributed by atoms with van der Waals surface area (Å²) in [5.74, 6) is -0.176. The minimum Gasteiger partial charge on any atom is -0.378 e. The van der Waals surface area contributed by atoms with Gasteiger partial charge in [-0.15, -0.1) is 11.8 Å². The number of thioether (sulfide) groups is 1. The van der Waals surface area contributed by atoms with E-state index in [9.17, 15) is 13.2 Å². The number of amides is 1. The van der Waals surface area contributed by atoms with Gasteiger partial charge in [-0.1, -0.05) is 0 Å². The van der Waals surface area contributed by atoms with Crippen LogP contribution in [0, 0.1) is 0 Å². The Bertz CT molecular complexity index is 1050. The Kier molecular flexibility index (Phi) is 7.24. The molecule has 172 valence electrons. The summed E-state index contributed by atoms with van der Waals surface area (Å²) in [4.78, 5) is 17.7. The van der Waals surface area contributed by atoms with Crippen molar-refractivity contribution < 1.29 is 22.7 Å². The van der Waals surface area contributed by atoms with Crippen LogP contribution in [-0.2, 0) is 19.5 Å². The van der Waals surface area contributed by atoms with Crippen LogP contribution in [-0.4, -0.2) is 78.1 Å². The largest absolute Gasteiger partial charge is 0.378 e. The van der Waals surface area contributed by atoms with Crippen molar-refractivity contribution in [1.82, 2.24) is 4.90 Å². The van der Waals surface area contributed by atoms with E-state index in [2.05, 4.69) is 9.62 Å². The molecule has 2 heterocycles. The van der Waals surface area contributed by atoms with Crippen molar-refractivity contribution in [2.75, 3.05) is 68.5 Å². The van der Waals surface area contributed by atoms with Crippen molar-refractivity contribution in [1.29, 1.82) is 0 Å². The average molecular weight is 478 g/mol. The highest BCUT2D eigenvalue weighted by Gasteiger charge is 2.24. The number of hydrogen-bond donors (Lipinski definition) is 1. The van der Waals surface area contributed by atoms with E-state index in [1.54, 1.807) is 23.1 Å². The third kappa shape index (κ3) is 5.20. The molecule has 0 unspecified atom stereocenters. The number of carbonyl (C=O) groups is 1. The lowest BCUT2D eigenvalue weighted by Gasteiger charge is -2.29. The molecule has 0 bridgehead atoms. The molecule has 0 aliphatic carbocycles. The number of morpholine rings is 2. The highest BCUT2D eigenvalue weighted by Crippen LogP contribution is 2.27. The molecular weight excluding hydrogens is 450 g/mol. The zero-order chi connectivity index (χ0) is 22.6. The van der Waals surface area contributed by atoms with Crippen molar-refractivity contribution in [3.05, 3.63) is 48.0 Å². The van der Waals surface area contributed by atoms with Gasteiger partial charge in [0.2, 0.25) is 0 Å². The number of ether oxygens (including phenoxy) is 2. The SMILES string of the molecule is CSc1ccc(S(=O)(=O)Nc2ccc(N3CCOCC3)cc2)cc1C(=O)N1CCOCC1. The quantitative estimate of drug-likeness (QED) is 0.640. The molecule has 2 aromatic carbocycles. The van der Waals surface area contributed by atoms with Gasteiger partial charge in [-0.2, -0.15) is 0 Å². The van der Waals surface area contributed by atoms with Gasteiger partial charge >= 0.3 is 0 Å². The van der Waals surface area contributed by atoms with Gasteiger partial charge in [0.15, 0.2) is 0 Å². The number of sulfonamides is 1. The molecule has 0 atom stereocenters. The van der Waals surface area contributed by atoms with Crippen molar-refractivity contribution in [3.8, 4) is 0 Å². The van der Waals surface area contributed by atoms with Gasteiger partial charge in [0.25, 0.3) is 15.9 Å². The van der Waals surface area contributed by atoms with Crippen LogP contribution >= 0.6 is 11.8 Å². The maximum Gasteiger partial charge on any atom is 0.261 e. The van der Waals surface area contributed by atoms with Gasteiger partial charge in [0.05, 0.1) is 36.9 Å². The third-order valence-electron chi connectivity index (χ3n) is 5.51. The van der Waals surface area contributed by atoms with Crippen LogP contribution < -0.4 is 9.62 Å². The van der Waals surface area contributed by atoms with E-state index in [4.69, 9.17) is 9.47 Å². The van der Waals surface area contributed by atoms with E-state index in [-0.39, 0.29) is 10.8 Å². The number of nitrogens with one attached hydrogen (secondary N) is 1. The lowest BCUT2D eigenvalue weighted by Crippen LogP contribution is -2.41. The fourth-order valence-corrected chi connectivity index (χ4v) is 5.39. The zero-order valence-electron chi connectivity index (χ0n) is 18.0. The monoisotopic (exact) mass is 477 g/mol. The van der Waals surface area contributed by atoms with E-state index >= 15 is 0 Å². The van der Waals surface area contributed by atoms with Crippen LogP contribution in [0.2, 0.25) is 0 Å². The maximum absolute atomic E-state index is 13.0. The first-order chi connectivity index (χ1) is 15.5. The molecule has 4 rings (SSSR count). The Balaban J connectivity index is 1.53. The molecule has 1 N–H and O–H groups in total. The molecule has 0 spiro atoms. The number of anilines is 2. The van der Waals surface area contributed by atoms with Crippen LogP contribution in [0.3, 0.4) is 0 Å². The van der Waals surface area contributed by atoms with Gasteiger partial charge in [-0.25, -0.2) is 8.42 Å². The average Bonchev–Trinajstić information content (AvgIpc) is 2.84. The predicted molar refractivity (Wildman–Crippen MR) is 125 cm³/mol. The Labute approximate surface area is 192 Å². The number of benzene rings is 2. The first-order valence-corrected chi connectivity index (χ1v) is 13.2. The highest BCUT2D eigenvalue weighted by atomic mass is 32.2.